The maximum atomic E-state index is 12.4. The molecule has 0 radical (unpaired) electrons. The highest BCUT2D eigenvalue weighted by atomic mass is 16.4. The molecule has 0 bridgehead atoms. The van der Waals surface area contributed by atoms with Crippen LogP contribution in [-0.4, -0.2) is 35.0 Å². The predicted octanol–water partition coefficient (Wildman–Crippen LogP) is 0.853. The summed E-state index contributed by atoms with van der Waals surface area (Å²) in [6, 6.07) is 8.96. The third-order valence-electron chi connectivity index (χ3n) is 3.40. The molecule has 0 aliphatic rings. The summed E-state index contributed by atoms with van der Waals surface area (Å²) in [4.78, 5) is 35.0. The standard InChI is InChI=1S/C17H21N3O4/c1-11(10-18)8-15(17(23)24)20-16(22)14(19-12(2)21)9-13-6-4-3-5-7-13/h3-7,11,14-15H,8-9H2,1-2H3,(H,19,21)(H,20,22)(H,23,24)/t11-,14-,15+/m1/s1. The van der Waals surface area contributed by atoms with Crippen molar-refractivity contribution in [1.29, 1.82) is 5.26 Å². The molecule has 0 aliphatic carbocycles. The van der Waals surface area contributed by atoms with Crippen LogP contribution in [0.15, 0.2) is 30.3 Å². The molecule has 0 aromatic heterocycles. The summed E-state index contributed by atoms with van der Waals surface area (Å²) in [6.07, 6.45) is 0.238. The van der Waals surface area contributed by atoms with E-state index in [1.165, 1.54) is 6.92 Å². The van der Waals surface area contributed by atoms with Crippen molar-refractivity contribution < 1.29 is 19.5 Å². The summed E-state index contributed by atoms with van der Waals surface area (Å²) in [6.45, 7) is 2.87. The molecule has 1 rings (SSSR count). The van der Waals surface area contributed by atoms with Gasteiger partial charge in [-0.15, -0.1) is 0 Å². The summed E-state index contributed by atoms with van der Waals surface area (Å²) < 4.78 is 0. The fraction of sp³-hybridized carbons (Fsp3) is 0.412. The van der Waals surface area contributed by atoms with E-state index >= 15 is 0 Å². The normalized spacial score (nSPS) is 13.9. The number of benzene rings is 1. The molecule has 3 atom stereocenters. The predicted molar refractivity (Wildman–Crippen MR) is 86.7 cm³/mol. The maximum Gasteiger partial charge on any atom is 0.326 e. The molecule has 0 saturated heterocycles. The number of aliphatic carboxylic acids is 1. The monoisotopic (exact) mass is 331 g/mol. The second kappa shape index (κ2) is 9.30. The van der Waals surface area contributed by atoms with Gasteiger partial charge in [-0.3, -0.25) is 9.59 Å². The summed E-state index contributed by atoms with van der Waals surface area (Å²) >= 11 is 0. The van der Waals surface area contributed by atoms with Crippen molar-refractivity contribution in [3.63, 3.8) is 0 Å². The van der Waals surface area contributed by atoms with Crippen LogP contribution >= 0.6 is 0 Å². The second-order valence-electron chi connectivity index (χ2n) is 5.61. The summed E-state index contributed by atoms with van der Waals surface area (Å²) in [5, 5.41) is 23.0. The number of carboxylic acids is 1. The first-order chi connectivity index (χ1) is 11.3. The fourth-order valence-electron chi connectivity index (χ4n) is 2.20. The maximum absolute atomic E-state index is 12.4. The average Bonchev–Trinajstić information content (AvgIpc) is 2.53. The highest BCUT2D eigenvalue weighted by molar-refractivity contribution is 5.90. The molecular formula is C17H21N3O4. The van der Waals surface area contributed by atoms with Crippen LogP contribution in [0.5, 0.6) is 0 Å². The first-order valence-corrected chi connectivity index (χ1v) is 7.57. The molecular weight excluding hydrogens is 310 g/mol. The number of nitrogens with zero attached hydrogens (tertiary/aromatic N) is 1. The van der Waals surface area contributed by atoms with Crippen LogP contribution in [0.2, 0.25) is 0 Å². The lowest BCUT2D eigenvalue weighted by Crippen LogP contribution is -2.52. The molecule has 0 unspecified atom stereocenters. The zero-order valence-corrected chi connectivity index (χ0v) is 13.7. The van der Waals surface area contributed by atoms with Gasteiger partial charge in [0.15, 0.2) is 0 Å². The molecule has 7 nitrogen and oxygen atoms in total. The number of carboxylic acid groups (broad SMARTS) is 1. The molecule has 0 aliphatic heterocycles. The molecule has 0 spiro atoms. The Morgan fingerprint density at radius 2 is 1.79 bits per heavy atom. The van der Waals surface area contributed by atoms with Crippen LogP contribution < -0.4 is 10.6 Å². The number of rotatable bonds is 8. The Bertz CT molecular complexity index is 624. The Balaban J connectivity index is 2.84. The zero-order valence-electron chi connectivity index (χ0n) is 13.7. The SMILES string of the molecule is CC(=O)N[C@H](Cc1ccccc1)C(=O)N[C@@H](C[C@@H](C)C#N)C(=O)O. The third-order valence-corrected chi connectivity index (χ3v) is 3.40. The Morgan fingerprint density at radius 3 is 2.29 bits per heavy atom. The molecule has 0 fully saturated rings. The van der Waals surface area contributed by atoms with E-state index in [1.807, 2.05) is 36.4 Å². The van der Waals surface area contributed by atoms with Gasteiger partial charge in [-0.05, 0) is 18.9 Å². The van der Waals surface area contributed by atoms with Gasteiger partial charge in [0.05, 0.1) is 6.07 Å². The van der Waals surface area contributed by atoms with E-state index in [0.29, 0.717) is 0 Å². The zero-order chi connectivity index (χ0) is 18.1. The number of hydrogen-bond acceptors (Lipinski definition) is 4. The molecule has 0 saturated carbocycles. The molecule has 24 heavy (non-hydrogen) atoms. The van der Waals surface area contributed by atoms with Gasteiger partial charge in [0.1, 0.15) is 12.1 Å². The first kappa shape index (κ1) is 19.2. The van der Waals surface area contributed by atoms with Crippen LogP contribution in [0.1, 0.15) is 25.8 Å². The van der Waals surface area contributed by atoms with Crippen LogP contribution in [-0.2, 0) is 20.8 Å². The molecule has 1 aromatic carbocycles. The Labute approximate surface area is 140 Å². The Hall–Kier alpha value is -2.88. The van der Waals surface area contributed by atoms with E-state index in [-0.39, 0.29) is 18.7 Å². The number of hydrogen-bond donors (Lipinski definition) is 3. The van der Waals surface area contributed by atoms with Gasteiger partial charge < -0.3 is 15.7 Å². The van der Waals surface area contributed by atoms with Gasteiger partial charge in [-0.2, -0.15) is 5.26 Å². The van der Waals surface area contributed by atoms with E-state index in [4.69, 9.17) is 5.26 Å². The number of carbonyl (C=O) groups is 3. The summed E-state index contributed by atoms with van der Waals surface area (Å²) in [7, 11) is 0. The van der Waals surface area contributed by atoms with Gasteiger partial charge in [0, 0.05) is 19.3 Å². The van der Waals surface area contributed by atoms with Crippen molar-refractivity contribution in [2.75, 3.05) is 0 Å². The van der Waals surface area contributed by atoms with Crippen molar-refractivity contribution in [3.8, 4) is 6.07 Å². The van der Waals surface area contributed by atoms with E-state index < -0.39 is 29.9 Å². The largest absolute Gasteiger partial charge is 0.480 e. The summed E-state index contributed by atoms with van der Waals surface area (Å²) in [5.74, 6) is -2.71. The van der Waals surface area contributed by atoms with Crippen molar-refractivity contribution >= 4 is 17.8 Å². The Kier molecular flexibility index (Phi) is 7.43. The van der Waals surface area contributed by atoms with Crippen molar-refractivity contribution in [2.24, 2.45) is 5.92 Å². The van der Waals surface area contributed by atoms with Gasteiger partial charge in [-0.1, -0.05) is 30.3 Å². The second-order valence-corrected chi connectivity index (χ2v) is 5.61. The molecule has 2 amide bonds. The highest BCUT2D eigenvalue weighted by Crippen LogP contribution is 2.08. The van der Waals surface area contributed by atoms with Crippen molar-refractivity contribution in [3.05, 3.63) is 35.9 Å². The molecule has 1 aromatic rings. The minimum atomic E-state index is -1.22. The molecule has 7 heteroatoms. The lowest BCUT2D eigenvalue weighted by atomic mass is 10.0. The van der Waals surface area contributed by atoms with Crippen LogP contribution in [0.3, 0.4) is 0 Å². The minimum Gasteiger partial charge on any atom is -0.480 e. The molecule has 3 N–H and O–H groups in total. The topological polar surface area (TPSA) is 119 Å². The van der Waals surface area contributed by atoms with Crippen molar-refractivity contribution in [1.82, 2.24) is 10.6 Å². The van der Waals surface area contributed by atoms with Gasteiger partial charge >= 0.3 is 5.97 Å². The fourth-order valence-corrected chi connectivity index (χ4v) is 2.20. The average molecular weight is 331 g/mol. The smallest absolute Gasteiger partial charge is 0.326 e. The van der Waals surface area contributed by atoms with Crippen LogP contribution in [0.25, 0.3) is 0 Å². The van der Waals surface area contributed by atoms with Crippen LogP contribution in [0.4, 0.5) is 0 Å². The van der Waals surface area contributed by atoms with Gasteiger partial charge in [-0.25, -0.2) is 4.79 Å². The van der Waals surface area contributed by atoms with Gasteiger partial charge in [0.2, 0.25) is 11.8 Å². The van der Waals surface area contributed by atoms with Crippen molar-refractivity contribution in [2.45, 2.75) is 38.8 Å². The third kappa shape index (κ3) is 6.48. The van der Waals surface area contributed by atoms with E-state index in [2.05, 4.69) is 10.6 Å². The number of amides is 2. The number of nitrogens with one attached hydrogen (secondary N) is 2. The van der Waals surface area contributed by atoms with Crippen LogP contribution in [0, 0.1) is 17.2 Å². The first-order valence-electron chi connectivity index (χ1n) is 7.57. The minimum absolute atomic E-state index is 0.00426. The number of carbonyl (C=O) groups excluding carboxylic acids is 2. The van der Waals surface area contributed by atoms with E-state index in [1.54, 1.807) is 6.92 Å². The molecule has 128 valence electrons. The summed E-state index contributed by atoms with van der Waals surface area (Å²) in [5.41, 5.74) is 0.837. The van der Waals surface area contributed by atoms with Gasteiger partial charge in [0.25, 0.3) is 0 Å². The molecule has 0 heterocycles. The lowest BCUT2D eigenvalue weighted by molar-refractivity contribution is -0.142. The highest BCUT2D eigenvalue weighted by Gasteiger charge is 2.27. The Morgan fingerprint density at radius 1 is 1.17 bits per heavy atom. The lowest BCUT2D eigenvalue weighted by Gasteiger charge is -2.21. The van der Waals surface area contributed by atoms with E-state index in [0.717, 1.165) is 5.56 Å². The number of nitriles is 1. The quantitative estimate of drug-likeness (QED) is 0.652. The van der Waals surface area contributed by atoms with E-state index in [9.17, 15) is 19.5 Å².